The Kier molecular flexibility index (Phi) is 14.3. The fourth-order valence-corrected chi connectivity index (χ4v) is 3.07. The third-order valence-electron chi connectivity index (χ3n) is 3.68. The molecule has 0 saturated carbocycles. The third kappa shape index (κ3) is 10.7. The van der Waals surface area contributed by atoms with Crippen LogP contribution in [0, 0.1) is 5.92 Å². The van der Waals surface area contributed by atoms with Gasteiger partial charge in [0.15, 0.2) is 15.8 Å². The predicted octanol–water partition coefficient (Wildman–Crippen LogP) is 2.17. The summed E-state index contributed by atoms with van der Waals surface area (Å²) in [7, 11) is -3.14. The molecule has 0 aliphatic heterocycles. The molecule has 0 spiro atoms. The van der Waals surface area contributed by atoms with Gasteiger partial charge < -0.3 is 15.7 Å². The lowest BCUT2D eigenvalue weighted by Crippen LogP contribution is -2.42. The first kappa shape index (κ1) is 26.1. The number of nitrogens with zero attached hydrogens (tertiary/aromatic N) is 1. The molecule has 0 aromatic heterocycles. The van der Waals surface area contributed by atoms with E-state index in [1.165, 1.54) is 0 Å². The normalized spacial score (nSPS) is 14.0. The first-order valence-corrected chi connectivity index (χ1v) is 10.2. The summed E-state index contributed by atoms with van der Waals surface area (Å²) in [5, 5.41) is 15.3. The van der Waals surface area contributed by atoms with Gasteiger partial charge in [-0.2, -0.15) is 0 Å². The summed E-state index contributed by atoms with van der Waals surface area (Å²) < 4.78 is 23.5. The van der Waals surface area contributed by atoms with Crippen molar-refractivity contribution in [3.63, 3.8) is 0 Å². The summed E-state index contributed by atoms with van der Waals surface area (Å²) in [6.45, 7) is 11.1. The van der Waals surface area contributed by atoms with Crippen LogP contribution in [0.15, 0.2) is 4.99 Å². The maximum absolute atomic E-state index is 12.1. The molecule has 0 radical (unpaired) electrons. The van der Waals surface area contributed by atoms with Gasteiger partial charge in [-0.3, -0.25) is 4.99 Å². The van der Waals surface area contributed by atoms with Gasteiger partial charge in [0.1, 0.15) is 0 Å². The van der Waals surface area contributed by atoms with Gasteiger partial charge in [-0.25, -0.2) is 8.42 Å². The highest BCUT2D eigenvalue weighted by molar-refractivity contribution is 14.0. The van der Waals surface area contributed by atoms with Crippen LogP contribution in [-0.4, -0.2) is 56.2 Å². The number of rotatable bonds is 10. The summed E-state index contributed by atoms with van der Waals surface area (Å²) in [6.07, 6.45) is 2.84. The number of hydrogen-bond acceptors (Lipinski definition) is 4. The predicted molar refractivity (Wildman–Crippen MR) is 113 cm³/mol. The summed E-state index contributed by atoms with van der Waals surface area (Å²) >= 11 is 0. The molecule has 6 nitrogen and oxygen atoms in total. The van der Waals surface area contributed by atoms with Crippen molar-refractivity contribution in [3.8, 4) is 0 Å². The van der Waals surface area contributed by atoms with Crippen molar-refractivity contribution in [3.05, 3.63) is 0 Å². The van der Waals surface area contributed by atoms with E-state index in [0.717, 1.165) is 25.8 Å². The van der Waals surface area contributed by atoms with Crippen molar-refractivity contribution in [1.82, 2.24) is 10.6 Å². The van der Waals surface area contributed by atoms with Gasteiger partial charge in [0, 0.05) is 26.2 Å². The van der Waals surface area contributed by atoms with Crippen LogP contribution in [0.5, 0.6) is 0 Å². The van der Waals surface area contributed by atoms with Crippen LogP contribution in [-0.2, 0) is 9.84 Å². The Bertz CT molecular complexity index is 442. The van der Waals surface area contributed by atoms with Gasteiger partial charge >= 0.3 is 0 Å². The topological polar surface area (TPSA) is 90.8 Å². The first-order valence-electron chi connectivity index (χ1n) is 8.53. The minimum atomic E-state index is -3.14. The molecule has 0 aliphatic carbocycles. The maximum Gasteiger partial charge on any atom is 0.191 e. The van der Waals surface area contributed by atoms with Gasteiger partial charge in [-0.15, -0.1) is 24.0 Å². The van der Waals surface area contributed by atoms with Crippen molar-refractivity contribution in [2.24, 2.45) is 10.9 Å². The van der Waals surface area contributed by atoms with E-state index < -0.39 is 14.6 Å². The van der Waals surface area contributed by atoms with Crippen molar-refractivity contribution in [2.45, 2.75) is 58.6 Å². The van der Waals surface area contributed by atoms with Crippen LogP contribution in [0.25, 0.3) is 0 Å². The fraction of sp³-hybridized carbons (Fsp3) is 0.938. The molecule has 24 heavy (non-hydrogen) atoms. The Balaban J connectivity index is 0. The second kappa shape index (κ2) is 13.2. The van der Waals surface area contributed by atoms with Crippen molar-refractivity contribution in [2.75, 3.05) is 32.0 Å². The summed E-state index contributed by atoms with van der Waals surface area (Å²) in [6, 6.07) is 0. The molecule has 3 N–H and O–H groups in total. The average molecular weight is 477 g/mol. The quantitative estimate of drug-likeness (QED) is 0.255. The smallest absolute Gasteiger partial charge is 0.191 e. The van der Waals surface area contributed by atoms with Crippen LogP contribution in [0.4, 0.5) is 0 Å². The van der Waals surface area contributed by atoms with Crippen LogP contribution in [0.3, 0.4) is 0 Å². The van der Waals surface area contributed by atoms with Crippen LogP contribution >= 0.6 is 24.0 Å². The number of aliphatic hydroxyl groups is 1. The van der Waals surface area contributed by atoms with Gasteiger partial charge in [0.05, 0.1) is 10.5 Å². The molecule has 0 rings (SSSR count). The van der Waals surface area contributed by atoms with Crippen LogP contribution < -0.4 is 10.6 Å². The lowest BCUT2D eigenvalue weighted by atomic mass is 10.0. The highest BCUT2D eigenvalue weighted by Crippen LogP contribution is 2.15. The Hall–Kier alpha value is -0.0900. The molecule has 0 heterocycles. The standard InChI is InChI=1S/C16H35N3O3S.HI/c1-6-8-14(9-11-20)13-19-15(17-7-2)18-10-12-23(21,22)16(3,4)5;/h14,20H,6-13H2,1-5H3,(H2,17,18,19);1H. The largest absolute Gasteiger partial charge is 0.396 e. The molecule has 0 aromatic carbocycles. The Morgan fingerprint density at radius 3 is 2.25 bits per heavy atom. The van der Waals surface area contributed by atoms with E-state index >= 15 is 0 Å². The Morgan fingerprint density at radius 2 is 1.79 bits per heavy atom. The molecule has 0 aromatic rings. The van der Waals surface area contributed by atoms with Crippen molar-refractivity contribution in [1.29, 1.82) is 0 Å². The van der Waals surface area contributed by atoms with Gasteiger partial charge in [-0.05, 0) is 46.5 Å². The minimum Gasteiger partial charge on any atom is -0.396 e. The SMILES string of the molecule is CCCC(CCO)CN=C(NCC)NCCS(=O)(=O)C(C)(C)C.I. The number of guanidine groups is 1. The van der Waals surface area contributed by atoms with E-state index in [4.69, 9.17) is 5.11 Å². The second-order valence-electron chi connectivity index (χ2n) is 6.74. The molecule has 1 unspecified atom stereocenters. The molecular formula is C16H36IN3O3S. The van der Waals surface area contributed by atoms with Crippen molar-refractivity contribution < 1.29 is 13.5 Å². The van der Waals surface area contributed by atoms with Crippen molar-refractivity contribution >= 4 is 39.8 Å². The molecule has 0 amide bonds. The molecule has 8 heteroatoms. The fourth-order valence-electron chi connectivity index (χ4n) is 2.09. The summed E-state index contributed by atoms with van der Waals surface area (Å²) in [4.78, 5) is 4.52. The zero-order valence-electron chi connectivity index (χ0n) is 15.8. The van der Waals surface area contributed by atoms with E-state index in [9.17, 15) is 8.42 Å². The third-order valence-corrected chi connectivity index (χ3v) is 6.29. The number of aliphatic imine (C=N–C) groups is 1. The van der Waals surface area contributed by atoms with E-state index in [0.29, 0.717) is 25.0 Å². The van der Waals surface area contributed by atoms with Gasteiger partial charge in [0.25, 0.3) is 0 Å². The van der Waals surface area contributed by atoms with E-state index in [2.05, 4.69) is 22.5 Å². The summed E-state index contributed by atoms with van der Waals surface area (Å²) in [5.41, 5.74) is 0. The second-order valence-corrected chi connectivity index (χ2v) is 9.61. The lowest BCUT2D eigenvalue weighted by molar-refractivity contribution is 0.253. The lowest BCUT2D eigenvalue weighted by Gasteiger charge is -2.20. The summed E-state index contributed by atoms with van der Waals surface area (Å²) in [5.74, 6) is 1.07. The maximum atomic E-state index is 12.1. The van der Waals surface area contributed by atoms with Gasteiger partial charge in [0.2, 0.25) is 0 Å². The van der Waals surface area contributed by atoms with E-state index in [-0.39, 0.29) is 36.3 Å². The molecule has 0 saturated heterocycles. The minimum absolute atomic E-state index is 0. The molecule has 0 bridgehead atoms. The number of sulfone groups is 1. The number of hydrogen-bond donors (Lipinski definition) is 3. The molecule has 1 atom stereocenters. The van der Waals surface area contributed by atoms with Crippen LogP contribution in [0.1, 0.15) is 53.9 Å². The average Bonchev–Trinajstić information content (AvgIpc) is 2.43. The number of halogens is 1. The van der Waals surface area contributed by atoms with E-state index in [1.807, 2.05) is 6.92 Å². The number of nitrogens with one attached hydrogen (secondary N) is 2. The first-order chi connectivity index (χ1) is 10.7. The monoisotopic (exact) mass is 477 g/mol. The zero-order chi connectivity index (χ0) is 17.9. The van der Waals surface area contributed by atoms with E-state index in [1.54, 1.807) is 20.8 Å². The number of aliphatic hydroxyl groups excluding tert-OH is 1. The Labute approximate surface area is 165 Å². The molecular weight excluding hydrogens is 441 g/mol. The van der Waals surface area contributed by atoms with Gasteiger partial charge in [-0.1, -0.05) is 13.3 Å². The zero-order valence-corrected chi connectivity index (χ0v) is 18.9. The highest BCUT2D eigenvalue weighted by Gasteiger charge is 2.28. The molecule has 146 valence electrons. The molecule has 0 fully saturated rings. The molecule has 0 aliphatic rings. The van der Waals surface area contributed by atoms with Crippen LogP contribution in [0.2, 0.25) is 0 Å². The highest BCUT2D eigenvalue weighted by atomic mass is 127. The Morgan fingerprint density at radius 1 is 1.17 bits per heavy atom.